The molecule has 0 amide bonds. The lowest BCUT2D eigenvalue weighted by Gasteiger charge is -2.18. The first-order valence-corrected chi connectivity index (χ1v) is 8.07. The lowest BCUT2D eigenvalue weighted by molar-refractivity contribution is -0.139. The molecular weight excluding hydrogens is 361 g/mol. The Balaban J connectivity index is 1.75. The molecule has 0 spiro atoms. The van der Waals surface area contributed by atoms with Crippen molar-refractivity contribution in [2.24, 2.45) is 0 Å². The largest absolute Gasteiger partial charge is 0.448 e. The van der Waals surface area contributed by atoms with Gasteiger partial charge in [0.05, 0.1) is 24.5 Å². The molecule has 8 heteroatoms. The number of halogens is 3. The first kappa shape index (κ1) is 17.3. The van der Waals surface area contributed by atoms with Crippen LogP contribution in [-0.4, -0.2) is 14.7 Å². The van der Waals surface area contributed by atoms with Crippen LogP contribution in [0.1, 0.15) is 17.2 Å². The number of nitrogens with zero attached hydrogens (tertiary/aromatic N) is 2. The van der Waals surface area contributed by atoms with E-state index in [1.807, 2.05) is 0 Å². The van der Waals surface area contributed by atoms with Crippen molar-refractivity contribution in [3.05, 3.63) is 76.3 Å². The number of benzene rings is 2. The third-order valence-corrected chi connectivity index (χ3v) is 4.35. The van der Waals surface area contributed by atoms with Crippen LogP contribution < -0.4 is 5.56 Å². The van der Waals surface area contributed by atoms with Crippen LogP contribution in [0.3, 0.4) is 0 Å². The third kappa shape index (κ3) is 2.97. The average molecular weight is 374 g/mol. The standard InChI is InChI=1S/C19H13F3N2O3/c20-19(21,22)13-7-3-1-5-11(13)14(25)9-24-10-23-16-12-6-2-4-8-15(12)27-17(16)18(24)26/h1-8,10,14,25H,9H2/t14-/m1/s1. The minimum atomic E-state index is -4.61. The summed E-state index contributed by atoms with van der Waals surface area (Å²) in [5.41, 5.74) is -0.963. The molecule has 0 unspecified atom stereocenters. The number of hydrogen-bond donors (Lipinski definition) is 1. The third-order valence-electron chi connectivity index (χ3n) is 4.35. The fourth-order valence-electron chi connectivity index (χ4n) is 3.08. The van der Waals surface area contributed by atoms with Crippen molar-refractivity contribution in [2.75, 3.05) is 0 Å². The van der Waals surface area contributed by atoms with Gasteiger partial charge in [-0.3, -0.25) is 9.36 Å². The number of rotatable bonds is 3. The zero-order valence-corrected chi connectivity index (χ0v) is 13.8. The Kier molecular flexibility index (Phi) is 4.00. The molecule has 1 atom stereocenters. The van der Waals surface area contributed by atoms with Gasteiger partial charge < -0.3 is 9.52 Å². The van der Waals surface area contributed by atoms with E-state index < -0.39 is 23.4 Å². The van der Waals surface area contributed by atoms with Crippen LogP contribution in [-0.2, 0) is 12.7 Å². The molecule has 0 bridgehead atoms. The van der Waals surface area contributed by atoms with Crippen LogP contribution in [0.25, 0.3) is 22.1 Å². The number of aliphatic hydroxyl groups excluding tert-OH is 1. The summed E-state index contributed by atoms with van der Waals surface area (Å²) in [4.78, 5) is 16.8. The second kappa shape index (κ2) is 6.24. The molecule has 0 radical (unpaired) electrons. The van der Waals surface area contributed by atoms with Crippen molar-refractivity contribution >= 4 is 22.1 Å². The quantitative estimate of drug-likeness (QED) is 0.591. The van der Waals surface area contributed by atoms with Crippen LogP contribution in [0.15, 0.2) is 64.1 Å². The number of hydrogen-bond acceptors (Lipinski definition) is 4. The number of furan rings is 1. The lowest BCUT2D eigenvalue weighted by Crippen LogP contribution is -2.24. The Morgan fingerprint density at radius 3 is 2.59 bits per heavy atom. The van der Waals surface area contributed by atoms with Gasteiger partial charge in [0, 0.05) is 5.39 Å². The van der Waals surface area contributed by atoms with Crippen molar-refractivity contribution in [1.82, 2.24) is 9.55 Å². The van der Waals surface area contributed by atoms with Gasteiger partial charge in [-0.05, 0) is 23.8 Å². The SMILES string of the molecule is O=c1c2oc3ccccc3c2ncn1C[C@@H](O)c1ccccc1C(F)(F)F. The molecule has 2 heterocycles. The summed E-state index contributed by atoms with van der Waals surface area (Å²) in [5, 5.41) is 11.0. The Morgan fingerprint density at radius 1 is 1.11 bits per heavy atom. The zero-order chi connectivity index (χ0) is 19.2. The van der Waals surface area contributed by atoms with Gasteiger partial charge in [0.2, 0.25) is 5.58 Å². The van der Waals surface area contributed by atoms with Crippen LogP contribution >= 0.6 is 0 Å². The maximum absolute atomic E-state index is 13.1. The first-order chi connectivity index (χ1) is 12.9. The van der Waals surface area contributed by atoms with Crippen molar-refractivity contribution < 1.29 is 22.7 Å². The minimum absolute atomic E-state index is 0.00462. The summed E-state index contributed by atoms with van der Waals surface area (Å²) >= 11 is 0. The highest BCUT2D eigenvalue weighted by Crippen LogP contribution is 2.34. The van der Waals surface area contributed by atoms with Crippen molar-refractivity contribution in [3.8, 4) is 0 Å². The van der Waals surface area contributed by atoms with E-state index >= 15 is 0 Å². The second-order valence-electron chi connectivity index (χ2n) is 6.08. The molecule has 138 valence electrons. The summed E-state index contributed by atoms with van der Waals surface area (Å²) in [7, 11) is 0. The number of fused-ring (bicyclic) bond motifs is 3. The van der Waals surface area contributed by atoms with Crippen LogP contribution in [0.2, 0.25) is 0 Å². The number of para-hydroxylation sites is 1. The highest BCUT2D eigenvalue weighted by Gasteiger charge is 2.34. The van der Waals surface area contributed by atoms with Gasteiger partial charge in [-0.15, -0.1) is 0 Å². The highest BCUT2D eigenvalue weighted by atomic mass is 19.4. The molecule has 4 aromatic rings. The molecule has 0 saturated heterocycles. The molecule has 0 fully saturated rings. The normalized spacial score (nSPS) is 13.3. The van der Waals surface area contributed by atoms with Crippen molar-refractivity contribution in [3.63, 3.8) is 0 Å². The van der Waals surface area contributed by atoms with E-state index in [0.29, 0.717) is 16.5 Å². The van der Waals surface area contributed by atoms with Crippen LogP contribution in [0.4, 0.5) is 13.2 Å². The van der Waals surface area contributed by atoms with E-state index in [0.717, 1.165) is 10.6 Å². The lowest BCUT2D eigenvalue weighted by atomic mass is 10.0. The van der Waals surface area contributed by atoms with Gasteiger partial charge in [-0.2, -0.15) is 13.2 Å². The summed E-state index contributed by atoms with van der Waals surface area (Å²) < 4.78 is 46.0. The monoisotopic (exact) mass is 374 g/mol. The maximum Gasteiger partial charge on any atom is 0.416 e. The number of alkyl halides is 3. The first-order valence-electron chi connectivity index (χ1n) is 8.07. The van der Waals surface area contributed by atoms with E-state index in [2.05, 4.69) is 4.98 Å². The van der Waals surface area contributed by atoms with Gasteiger partial charge in [0.25, 0.3) is 5.56 Å². The summed E-state index contributed by atoms with van der Waals surface area (Å²) in [5.74, 6) is 0. The molecule has 0 aliphatic rings. The van der Waals surface area contributed by atoms with E-state index in [4.69, 9.17) is 4.42 Å². The molecule has 1 N–H and O–H groups in total. The molecule has 27 heavy (non-hydrogen) atoms. The van der Waals surface area contributed by atoms with Crippen molar-refractivity contribution in [2.45, 2.75) is 18.8 Å². The molecular formula is C19H13F3N2O3. The summed E-state index contributed by atoms with van der Waals surface area (Å²) in [6, 6.07) is 11.7. The predicted octanol–water partition coefficient (Wildman–Crippen LogP) is 3.90. The summed E-state index contributed by atoms with van der Waals surface area (Å²) in [6.07, 6.45) is -4.95. The average Bonchev–Trinajstić information content (AvgIpc) is 3.03. The zero-order valence-electron chi connectivity index (χ0n) is 13.8. The van der Waals surface area contributed by atoms with E-state index in [-0.39, 0.29) is 17.7 Å². The van der Waals surface area contributed by atoms with Crippen LogP contribution in [0.5, 0.6) is 0 Å². The second-order valence-corrected chi connectivity index (χ2v) is 6.08. The molecule has 5 nitrogen and oxygen atoms in total. The van der Waals surface area contributed by atoms with Gasteiger partial charge in [0.1, 0.15) is 11.1 Å². The number of aromatic nitrogens is 2. The fourth-order valence-corrected chi connectivity index (χ4v) is 3.08. The van der Waals surface area contributed by atoms with Crippen LogP contribution in [0, 0.1) is 0 Å². The molecule has 0 aliphatic heterocycles. The van der Waals surface area contributed by atoms with Gasteiger partial charge >= 0.3 is 6.18 Å². The molecule has 0 saturated carbocycles. The highest BCUT2D eigenvalue weighted by molar-refractivity contribution is 6.01. The van der Waals surface area contributed by atoms with Gasteiger partial charge in [0.15, 0.2) is 0 Å². The smallest absolute Gasteiger partial charge is 0.416 e. The van der Waals surface area contributed by atoms with Crippen molar-refractivity contribution in [1.29, 1.82) is 0 Å². The van der Waals surface area contributed by atoms with E-state index in [1.54, 1.807) is 24.3 Å². The van der Waals surface area contributed by atoms with E-state index in [9.17, 15) is 23.1 Å². The van der Waals surface area contributed by atoms with Gasteiger partial charge in [-0.1, -0.05) is 30.3 Å². The Bertz CT molecular complexity index is 1190. The molecule has 2 aromatic carbocycles. The maximum atomic E-state index is 13.1. The Labute approximate surface area is 150 Å². The minimum Gasteiger partial charge on any atom is -0.448 e. The molecule has 2 aromatic heterocycles. The number of aliphatic hydroxyl groups is 1. The van der Waals surface area contributed by atoms with E-state index in [1.165, 1.54) is 24.5 Å². The Hall–Kier alpha value is -3.13. The fraction of sp³-hybridized carbons (Fsp3) is 0.158. The summed E-state index contributed by atoms with van der Waals surface area (Å²) in [6.45, 7) is -0.383. The molecule has 4 rings (SSSR count). The predicted molar refractivity (Wildman–Crippen MR) is 92.2 cm³/mol. The van der Waals surface area contributed by atoms with Gasteiger partial charge in [-0.25, -0.2) is 4.98 Å². The topological polar surface area (TPSA) is 68.3 Å². The molecule has 0 aliphatic carbocycles. The Morgan fingerprint density at radius 2 is 1.81 bits per heavy atom.